The maximum absolute atomic E-state index is 9.49. The van der Waals surface area contributed by atoms with Gasteiger partial charge in [0.15, 0.2) is 5.82 Å². The molecule has 5 heterocycles. The summed E-state index contributed by atoms with van der Waals surface area (Å²) in [5.41, 5.74) is 1.60. The Bertz CT molecular complexity index is 989. The third-order valence-corrected chi connectivity index (χ3v) is 6.55. The van der Waals surface area contributed by atoms with E-state index in [2.05, 4.69) is 25.2 Å². The average molecular weight is 398 g/mol. The molecule has 1 aliphatic carbocycles. The van der Waals surface area contributed by atoms with E-state index in [1.54, 1.807) is 29.9 Å². The van der Waals surface area contributed by atoms with E-state index in [4.69, 9.17) is 9.72 Å². The fourth-order valence-electron chi connectivity index (χ4n) is 4.34. The Balaban J connectivity index is 1.36. The third kappa shape index (κ3) is 2.99. The molecule has 3 fully saturated rings. The van der Waals surface area contributed by atoms with Crippen LogP contribution in [0, 0.1) is 5.41 Å². The van der Waals surface area contributed by atoms with E-state index < -0.39 is 0 Å². The molecule has 0 atom stereocenters. The Morgan fingerprint density at radius 1 is 1.32 bits per heavy atom. The molecule has 0 radical (unpaired) electrons. The predicted octanol–water partition coefficient (Wildman–Crippen LogP) is 2.07. The van der Waals surface area contributed by atoms with Gasteiger partial charge in [-0.1, -0.05) is 0 Å². The summed E-state index contributed by atoms with van der Waals surface area (Å²) in [6, 6.07) is 2.02. The summed E-state index contributed by atoms with van der Waals surface area (Å²) in [4.78, 5) is 20.0. The van der Waals surface area contributed by atoms with Crippen LogP contribution in [-0.4, -0.2) is 57.4 Å². The number of thiophene rings is 1. The quantitative estimate of drug-likeness (QED) is 0.624. The molecule has 0 amide bonds. The Kier molecular flexibility index (Phi) is 4.18. The van der Waals surface area contributed by atoms with E-state index in [1.807, 2.05) is 18.5 Å². The standard InChI is InChI=1S/C19H22N6O2S/c1-25(7-13-6-20-3-4-21-13)16-15-14(2-5-28-15)23-17(24-16)22-10-18-8-19(9-18,11-26)27-12-18/h2-6,26H,7-12H2,1H3,(H,22,23,24). The van der Waals surface area contributed by atoms with Crippen LogP contribution in [0.1, 0.15) is 18.5 Å². The van der Waals surface area contributed by atoms with Gasteiger partial charge in [0.25, 0.3) is 0 Å². The smallest absolute Gasteiger partial charge is 0.225 e. The van der Waals surface area contributed by atoms with E-state index in [0.29, 0.717) is 19.1 Å². The maximum Gasteiger partial charge on any atom is 0.225 e. The number of hydrogen-bond acceptors (Lipinski definition) is 9. The highest BCUT2D eigenvalue weighted by Crippen LogP contribution is 2.57. The zero-order valence-electron chi connectivity index (χ0n) is 15.6. The molecule has 9 heteroatoms. The van der Waals surface area contributed by atoms with E-state index in [9.17, 15) is 5.11 Å². The Labute approximate surface area is 166 Å². The van der Waals surface area contributed by atoms with E-state index in [0.717, 1.165) is 41.1 Å². The molecule has 3 aromatic rings. The number of aromatic nitrogens is 4. The molecule has 0 unspecified atom stereocenters. The van der Waals surface area contributed by atoms with Gasteiger partial charge in [0, 0.05) is 31.4 Å². The Morgan fingerprint density at radius 3 is 2.96 bits per heavy atom. The topological polar surface area (TPSA) is 96.3 Å². The Morgan fingerprint density at radius 2 is 2.21 bits per heavy atom. The van der Waals surface area contributed by atoms with Crippen molar-refractivity contribution in [1.82, 2.24) is 19.9 Å². The first-order valence-corrected chi connectivity index (χ1v) is 10.2. The van der Waals surface area contributed by atoms with Crippen LogP contribution in [0.25, 0.3) is 10.2 Å². The van der Waals surface area contributed by atoms with Gasteiger partial charge in [-0.2, -0.15) is 4.98 Å². The summed E-state index contributed by atoms with van der Waals surface area (Å²) in [6.45, 7) is 2.15. The lowest BCUT2D eigenvalue weighted by atomic mass is 9.63. The summed E-state index contributed by atoms with van der Waals surface area (Å²) in [6.07, 6.45) is 6.93. The van der Waals surface area contributed by atoms with Crippen LogP contribution in [0.15, 0.2) is 30.0 Å². The third-order valence-electron chi connectivity index (χ3n) is 5.65. The summed E-state index contributed by atoms with van der Waals surface area (Å²) < 4.78 is 6.85. The minimum atomic E-state index is -0.304. The minimum absolute atomic E-state index is 0.0847. The van der Waals surface area contributed by atoms with Crippen molar-refractivity contribution in [2.75, 3.05) is 37.0 Å². The van der Waals surface area contributed by atoms with E-state index in [-0.39, 0.29) is 17.6 Å². The fraction of sp³-hybridized carbons (Fsp3) is 0.474. The summed E-state index contributed by atoms with van der Waals surface area (Å²) in [5, 5.41) is 14.9. The summed E-state index contributed by atoms with van der Waals surface area (Å²) >= 11 is 1.64. The number of rotatable bonds is 7. The minimum Gasteiger partial charge on any atom is -0.393 e. The predicted molar refractivity (Wildman–Crippen MR) is 107 cm³/mol. The number of nitrogens with zero attached hydrogens (tertiary/aromatic N) is 5. The molecule has 2 N–H and O–H groups in total. The largest absolute Gasteiger partial charge is 0.393 e. The van der Waals surface area contributed by atoms with Gasteiger partial charge in [-0.3, -0.25) is 9.97 Å². The second-order valence-electron chi connectivity index (χ2n) is 7.90. The SMILES string of the molecule is CN(Cc1cnccn1)c1nc(NCC23COC(CO)(C2)C3)nc2ccsc12. The van der Waals surface area contributed by atoms with Crippen LogP contribution in [0.2, 0.25) is 0 Å². The second kappa shape index (κ2) is 6.61. The fourth-order valence-corrected chi connectivity index (χ4v) is 5.22. The first-order chi connectivity index (χ1) is 13.6. The molecule has 2 saturated heterocycles. The highest BCUT2D eigenvalue weighted by molar-refractivity contribution is 7.17. The molecule has 6 rings (SSSR count). The summed E-state index contributed by atoms with van der Waals surface area (Å²) in [7, 11) is 2.00. The van der Waals surface area contributed by atoms with Crippen molar-refractivity contribution in [3.63, 3.8) is 0 Å². The van der Waals surface area contributed by atoms with Crippen molar-refractivity contribution < 1.29 is 9.84 Å². The highest BCUT2D eigenvalue weighted by Gasteiger charge is 2.61. The van der Waals surface area contributed by atoms with Crippen LogP contribution in [0.3, 0.4) is 0 Å². The van der Waals surface area contributed by atoms with Gasteiger partial charge in [0.2, 0.25) is 5.95 Å². The number of ether oxygens (including phenoxy) is 1. The molecule has 3 aromatic heterocycles. The molecule has 0 spiro atoms. The highest BCUT2D eigenvalue weighted by atomic mass is 32.1. The first-order valence-electron chi connectivity index (χ1n) is 9.30. The van der Waals surface area contributed by atoms with Crippen molar-refractivity contribution in [2.24, 2.45) is 5.41 Å². The molecule has 28 heavy (non-hydrogen) atoms. The van der Waals surface area contributed by atoms with Crippen molar-refractivity contribution in [2.45, 2.75) is 25.0 Å². The van der Waals surface area contributed by atoms with Gasteiger partial charge in [0.05, 0.1) is 47.5 Å². The number of fused-ring (bicyclic) bond motifs is 2. The maximum atomic E-state index is 9.49. The van der Waals surface area contributed by atoms with Crippen LogP contribution >= 0.6 is 11.3 Å². The lowest BCUT2D eigenvalue weighted by Gasteiger charge is -2.43. The Hall–Kier alpha value is -2.36. The lowest BCUT2D eigenvalue weighted by Crippen LogP contribution is -2.49. The number of hydrogen-bond donors (Lipinski definition) is 2. The van der Waals surface area contributed by atoms with Gasteiger partial charge in [0.1, 0.15) is 0 Å². The first kappa shape index (κ1) is 17.7. The number of anilines is 2. The molecule has 2 aliphatic heterocycles. The molecule has 3 aliphatic rings. The molecule has 1 saturated carbocycles. The molecule has 146 valence electrons. The van der Waals surface area contributed by atoms with E-state index >= 15 is 0 Å². The van der Waals surface area contributed by atoms with Crippen molar-refractivity contribution in [3.05, 3.63) is 35.7 Å². The van der Waals surface area contributed by atoms with Crippen molar-refractivity contribution in [3.8, 4) is 0 Å². The van der Waals surface area contributed by atoms with Gasteiger partial charge in [-0.05, 0) is 24.3 Å². The average Bonchev–Trinajstić information content (AvgIpc) is 3.39. The van der Waals surface area contributed by atoms with Crippen LogP contribution < -0.4 is 10.2 Å². The lowest BCUT2D eigenvalue weighted by molar-refractivity contribution is -0.0560. The monoisotopic (exact) mass is 398 g/mol. The number of nitrogens with one attached hydrogen (secondary N) is 1. The van der Waals surface area contributed by atoms with Crippen LogP contribution in [0.4, 0.5) is 11.8 Å². The molecule has 2 bridgehead atoms. The summed E-state index contributed by atoms with van der Waals surface area (Å²) in [5.74, 6) is 1.50. The van der Waals surface area contributed by atoms with Crippen LogP contribution in [-0.2, 0) is 11.3 Å². The zero-order valence-corrected chi connectivity index (χ0v) is 16.4. The number of aliphatic hydroxyl groups is 1. The van der Waals surface area contributed by atoms with Gasteiger partial charge in [-0.15, -0.1) is 11.3 Å². The van der Waals surface area contributed by atoms with Crippen molar-refractivity contribution in [1.29, 1.82) is 0 Å². The zero-order chi connectivity index (χ0) is 19.2. The molecule has 8 nitrogen and oxygen atoms in total. The van der Waals surface area contributed by atoms with Crippen LogP contribution in [0.5, 0.6) is 0 Å². The molecular formula is C19H22N6O2S. The van der Waals surface area contributed by atoms with Gasteiger partial charge in [-0.25, -0.2) is 4.98 Å². The number of aliphatic hydroxyl groups excluding tert-OH is 1. The molecular weight excluding hydrogens is 376 g/mol. The van der Waals surface area contributed by atoms with Crippen molar-refractivity contribution >= 4 is 33.3 Å². The van der Waals surface area contributed by atoms with Gasteiger partial charge < -0.3 is 20.1 Å². The van der Waals surface area contributed by atoms with E-state index in [1.165, 1.54) is 0 Å². The normalized spacial score (nSPS) is 25.6. The van der Waals surface area contributed by atoms with Gasteiger partial charge >= 0.3 is 0 Å². The second-order valence-corrected chi connectivity index (χ2v) is 8.81. The molecule has 0 aromatic carbocycles.